The summed E-state index contributed by atoms with van der Waals surface area (Å²) in [6.07, 6.45) is 5.42. The number of H-pyrrole nitrogens is 1. The number of aromatic nitrogens is 5. The topological polar surface area (TPSA) is 77.2 Å². The summed E-state index contributed by atoms with van der Waals surface area (Å²) in [6, 6.07) is 1.13. The van der Waals surface area contributed by atoms with E-state index in [0.717, 1.165) is 35.0 Å². The number of rotatable bonds is 7. The molecule has 0 bridgehead atoms. The largest absolute Gasteiger partial charge is 0.360 e. The van der Waals surface area contributed by atoms with Crippen LogP contribution in [-0.4, -0.2) is 39.1 Å². The van der Waals surface area contributed by atoms with Crippen molar-refractivity contribution in [2.75, 3.05) is 6.61 Å². The van der Waals surface area contributed by atoms with Crippen molar-refractivity contribution in [3.8, 4) is 11.1 Å². The fourth-order valence-electron chi connectivity index (χ4n) is 3.14. The summed E-state index contributed by atoms with van der Waals surface area (Å²) >= 11 is 0. The van der Waals surface area contributed by atoms with Gasteiger partial charge in [0.2, 0.25) is 0 Å². The van der Waals surface area contributed by atoms with Crippen LogP contribution >= 0.6 is 0 Å². The van der Waals surface area contributed by atoms with E-state index in [2.05, 4.69) is 34.8 Å². The molecule has 0 unspecified atom stereocenters. The van der Waals surface area contributed by atoms with Crippen molar-refractivity contribution in [1.82, 2.24) is 24.4 Å². The van der Waals surface area contributed by atoms with Gasteiger partial charge in [0, 0.05) is 43.3 Å². The minimum Gasteiger partial charge on any atom is -0.360 e. The Morgan fingerprint density at radius 3 is 2.63 bits per heavy atom. The van der Waals surface area contributed by atoms with Gasteiger partial charge in [-0.2, -0.15) is 14.7 Å². The summed E-state index contributed by atoms with van der Waals surface area (Å²) in [6.45, 7) is 14.1. The second-order valence-corrected chi connectivity index (χ2v) is 14.2. The standard InChI is InChI=1S/C19H29N5O2Si/c1-13(2)17-14(3)22-18-16(10-21-24(18)19(17)25)15-9-20-23(11-15)12-26-7-8-27(4,5)6/h9-11,13,22H,7-8,12H2,1-6H3. The molecule has 3 aromatic heterocycles. The third-order valence-corrected chi connectivity index (χ3v) is 6.35. The number of aromatic amines is 1. The van der Waals surface area contributed by atoms with Crippen molar-refractivity contribution in [1.29, 1.82) is 0 Å². The van der Waals surface area contributed by atoms with E-state index in [-0.39, 0.29) is 11.5 Å². The normalized spacial score (nSPS) is 12.4. The van der Waals surface area contributed by atoms with Crippen molar-refractivity contribution in [2.45, 2.75) is 59.1 Å². The average Bonchev–Trinajstić information content (AvgIpc) is 3.16. The average molecular weight is 388 g/mol. The van der Waals surface area contributed by atoms with E-state index in [9.17, 15) is 4.79 Å². The summed E-state index contributed by atoms with van der Waals surface area (Å²) < 4.78 is 8.97. The Morgan fingerprint density at radius 1 is 1.22 bits per heavy atom. The summed E-state index contributed by atoms with van der Waals surface area (Å²) in [5.41, 5.74) is 4.05. The van der Waals surface area contributed by atoms with Gasteiger partial charge in [0.25, 0.3) is 5.56 Å². The molecule has 3 heterocycles. The first-order valence-corrected chi connectivity index (χ1v) is 13.1. The molecule has 3 rings (SSSR count). The van der Waals surface area contributed by atoms with E-state index in [1.165, 1.54) is 4.52 Å². The first-order valence-electron chi connectivity index (χ1n) is 9.38. The molecule has 27 heavy (non-hydrogen) atoms. The second kappa shape index (κ2) is 7.44. The molecule has 0 fully saturated rings. The Labute approximate surface area is 160 Å². The lowest BCUT2D eigenvalue weighted by Crippen LogP contribution is -2.22. The van der Waals surface area contributed by atoms with Gasteiger partial charge in [-0.25, -0.2) is 4.68 Å². The molecule has 146 valence electrons. The highest BCUT2D eigenvalue weighted by molar-refractivity contribution is 6.76. The van der Waals surface area contributed by atoms with Crippen molar-refractivity contribution >= 4 is 13.7 Å². The lowest BCUT2D eigenvalue weighted by molar-refractivity contribution is 0.0786. The van der Waals surface area contributed by atoms with Gasteiger partial charge < -0.3 is 9.72 Å². The molecule has 0 amide bonds. The third-order valence-electron chi connectivity index (χ3n) is 4.64. The molecule has 0 atom stereocenters. The molecule has 0 saturated heterocycles. The van der Waals surface area contributed by atoms with E-state index in [0.29, 0.717) is 12.4 Å². The third kappa shape index (κ3) is 4.22. The molecule has 0 radical (unpaired) electrons. The fourth-order valence-corrected chi connectivity index (χ4v) is 3.90. The van der Waals surface area contributed by atoms with E-state index in [1.54, 1.807) is 17.1 Å². The van der Waals surface area contributed by atoms with Crippen LogP contribution in [0.4, 0.5) is 0 Å². The molecule has 0 aliphatic rings. The zero-order chi connectivity index (χ0) is 19.8. The fraction of sp³-hybridized carbons (Fsp3) is 0.526. The van der Waals surface area contributed by atoms with E-state index in [4.69, 9.17) is 4.74 Å². The van der Waals surface area contributed by atoms with Crippen LogP contribution in [0.15, 0.2) is 23.4 Å². The van der Waals surface area contributed by atoms with Crippen molar-refractivity contribution in [3.63, 3.8) is 0 Å². The van der Waals surface area contributed by atoms with Gasteiger partial charge in [0.05, 0.1) is 12.4 Å². The highest BCUT2D eigenvalue weighted by Crippen LogP contribution is 2.24. The monoisotopic (exact) mass is 387 g/mol. The molecule has 0 aliphatic heterocycles. The number of fused-ring (bicyclic) bond motifs is 1. The predicted molar refractivity (Wildman–Crippen MR) is 110 cm³/mol. The summed E-state index contributed by atoms with van der Waals surface area (Å²) in [4.78, 5) is 16.1. The van der Waals surface area contributed by atoms with Crippen molar-refractivity contribution in [2.24, 2.45) is 0 Å². The Bertz CT molecular complexity index is 994. The van der Waals surface area contributed by atoms with Crippen LogP contribution in [0.2, 0.25) is 25.7 Å². The molecular formula is C19H29N5O2Si. The number of aryl methyl sites for hydroxylation is 1. The van der Waals surface area contributed by atoms with Gasteiger partial charge in [-0.3, -0.25) is 4.79 Å². The zero-order valence-electron chi connectivity index (χ0n) is 17.0. The van der Waals surface area contributed by atoms with Crippen LogP contribution in [0.3, 0.4) is 0 Å². The van der Waals surface area contributed by atoms with Gasteiger partial charge >= 0.3 is 0 Å². The number of hydrogen-bond donors (Lipinski definition) is 1. The quantitative estimate of drug-likeness (QED) is 0.496. The van der Waals surface area contributed by atoms with Gasteiger partial charge in [-0.1, -0.05) is 33.5 Å². The van der Waals surface area contributed by atoms with E-state index >= 15 is 0 Å². The van der Waals surface area contributed by atoms with Crippen LogP contribution in [0.1, 0.15) is 31.0 Å². The van der Waals surface area contributed by atoms with Crippen molar-refractivity contribution in [3.05, 3.63) is 40.2 Å². The maximum atomic E-state index is 12.7. The minimum absolute atomic E-state index is 0.0652. The van der Waals surface area contributed by atoms with Crippen LogP contribution in [-0.2, 0) is 11.5 Å². The predicted octanol–water partition coefficient (Wildman–Crippen LogP) is 3.63. The van der Waals surface area contributed by atoms with Gasteiger partial charge in [0.1, 0.15) is 12.4 Å². The van der Waals surface area contributed by atoms with Crippen LogP contribution in [0, 0.1) is 6.92 Å². The lowest BCUT2D eigenvalue weighted by atomic mass is 10.0. The van der Waals surface area contributed by atoms with Gasteiger partial charge in [-0.05, 0) is 18.9 Å². The molecule has 0 aromatic carbocycles. The van der Waals surface area contributed by atoms with E-state index in [1.807, 2.05) is 27.0 Å². The molecule has 1 N–H and O–H groups in total. The molecule has 3 aromatic rings. The second-order valence-electron chi connectivity index (χ2n) is 8.56. The summed E-state index contributed by atoms with van der Waals surface area (Å²) in [5.74, 6) is 0.141. The van der Waals surface area contributed by atoms with Gasteiger partial charge in [-0.15, -0.1) is 0 Å². The molecule has 7 nitrogen and oxygen atoms in total. The Morgan fingerprint density at radius 2 is 1.96 bits per heavy atom. The lowest BCUT2D eigenvalue weighted by Gasteiger charge is -2.15. The van der Waals surface area contributed by atoms with Gasteiger partial charge in [0.15, 0.2) is 0 Å². The van der Waals surface area contributed by atoms with Crippen LogP contribution < -0.4 is 5.56 Å². The van der Waals surface area contributed by atoms with E-state index < -0.39 is 8.07 Å². The Balaban J connectivity index is 1.83. The summed E-state index contributed by atoms with van der Waals surface area (Å²) in [5, 5.41) is 8.68. The van der Waals surface area contributed by atoms with Crippen LogP contribution in [0.5, 0.6) is 0 Å². The number of hydrogen-bond acceptors (Lipinski definition) is 4. The van der Waals surface area contributed by atoms with Crippen LogP contribution in [0.25, 0.3) is 16.8 Å². The smallest absolute Gasteiger partial charge is 0.278 e. The molecule has 0 spiro atoms. The molecule has 8 heteroatoms. The maximum absolute atomic E-state index is 12.7. The minimum atomic E-state index is -1.09. The first kappa shape index (κ1) is 19.6. The summed E-state index contributed by atoms with van der Waals surface area (Å²) in [7, 11) is -1.09. The Hall–Kier alpha value is -2.19. The first-order chi connectivity index (χ1) is 12.7. The highest BCUT2D eigenvalue weighted by atomic mass is 28.3. The number of ether oxygens (including phenoxy) is 1. The SMILES string of the molecule is Cc1[nH]c2c(-c3cnn(COCC[Si](C)(C)C)c3)cnn2c(=O)c1C(C)C. The Kier molecular flexibility index (Phi) is 5.39. The van der Waals surface area contributed by atoms with Crippen molar-refractivity contribution < 1.29 is 4.74 Å². The number of nitrogens with one attached hydrogen (secondary N) is 1. The number of nitrogens with zero attached hydrogens (tertiary/aromatic N) is 4. The highest BCUT2D eigenvalue weighted by Gasteiger charge is 2.17. The zero-order valence-corrected chi connectivity index (χ0v) is 18.0. The molecule has 0 aliphatic carbocycles. The molecular weight excluding hydrogens is 358 g/mol. The maximum Gasteiger partial charge on any atom is 0.278 e. The molecule has 0 saturated carbocycles.